The number of nitrogens with one attached hydrogen (secondary N) is 1. The number of sulfone groups is 1. The summed E-state index contributed by atoms with van der Waals surface area (Å²) in [5, 5.41) is 11.6. The second-order valence-electron chi connectivity index (χ2n) is 7.97. The van der Waals surface area contributed by atoms with Crippen molar-refractivity contribution >= 4 is 37.9 Å². The zero-order chi connectivity index (χ0) is 23.2. The summed E-state index contributed by atoms with van der Waals surface area (Å²) < 4.78 is 41.9. The molecule has 0 fully saturated rings. The number of hydrogen-bond donors (Lipinski definition) is 1. The van der Waals surface area contributed by atoms with Crippen LogP contribution in [0.4, 0.5) is 15.9 Å². The van der Waals surface area contributed by atoms with Gasteiger partial charge in [-0.3, -0.25) is 0 Å². The Morgan fingerprint density at radius 2 is 1.73 bits per heavy atom. The zero-order valence-electron chi connectivity index (χ0n) is 17.9. The lowest BCUT2D eigenvalue weighted by Crippen LogP contribution is -2.06. The Kier molecular flexibility index (Phi) is 5.05. The van der Waals surface area contributed by atoms with Crippen LogP contribution in [0.1, 0.15) is 25.3 Å². The fourth-order valence-corrected chi connectivity index (χ4v) is 4.89. The van der Waals surface area contributed by atoms with E-state index in [9.17, 15) is 12.8 Å². The Labute approximate surface area is 189 Å². The summed E-state index contributed by atoms with van der Waals surface area (Å²) in [5.74, 6) is 0.253. The number of benzene rings is 3. The first-order valence-electron chi connectivity index (χ1n) is 10.4. The SMILES string of the molecule is CC(C)c1ccc(S(=O)(=O)c2nnn3c2nc(Nc2cccc(F)c2)c2ccccc23)cc1. The van der Waals surface area contributed by atoms with Gasteiger partial charge in [-0.1, -0.05) is 49.4 Å². The molecule has 0 saturated heterocycles. The van der Waals surface area contributed by atoms with Gasteiger partial charge in [0, 0.05) is 11.1 Å². The van der Waals surface area contributed by atoms with Gasteiger partial charge >= 0.3 is 0 Å². The summed E-state index contributed by atoms with van der Waals surface area (Å²) in [6, 6.07) is 20.0. The molecule has 0 amide bonds. The molecule has 166 valence electrons. The molecular weight excluding hydrogens is 441 g/mol. The second kappa shape index (κ2) is 7.93. The fourth-order valence-electron chi connectivity index (χ4n) is 3.66. The number of hydrogen-bond acceptors (Lipinski definition) is 6. The lowest BCUT2D eigenvalue weighted by molar-refractivity contribution is 0.592. The first-order chi connectivity index (χ1) is 15.8. The van der Waals surface area contributed by atoms with Crippen molar-refractivity contribution in [2.45, 2.75) is 29.7 Å². The summed E-state index contributed by atoms with van der Waals surface area (Å²) in [7, 11) is -3.97. The molecule has 0 aliphatic rings. The van der Waals surface area contributed by atoms with E-state index < -0.39 is 15.7 Å². The first-order valence-corrected chi connectivity index (χ1v) is 11.8. The maximum atomic E-state index is 13.7. The van der Waals surface area contributed by atoms with Gasteiger partial charge in [0.05, 0.1) is 10.4 Å². The monoisotopic (exact) mass is 461 g/mol. The van der Waals surface area contributed by atoms with Crippen molar-refractivity contribution in [3.63, 3.8) is 0 Å². The Bertz CT molecular complexity index is 1600. The maximum absolute atomic E-state index is 13.7. The molecule has 0 atom stereocenters. The molecular formula is C24H20FN5O2S. The van der Waals surface area contributed by atoms with Crippen molar-refractivity contribution in [2.75, 3.05) is 5.32 Å². The Morgan fingerprint density at radius 3 is 2.45 bits per heavy atom. The van der Waals surface area contributed by atoms with Gasteiger partial charge in [0.1, 0.15) is 11.6 Å². The van der Waals surface area contributed by atoms with Crippen molar-refractivity contribution in [1.29, 1.82) is 0 Å². The molecule has 0 radical (unpaired) electrons. The van der Waals surface area contributed by atoms with Gasteiger partial charge in [-0.2, -0.15) is 4.52 Å². The van der Waals surface area contributed by atoms with Gasteiger partial charge in [-0.25, -0.2) is 17.8 Å². The lowest BCUT2D eigenvalue weighted by Gasteiger charge is -2.11. The molecule has 5 rings (SSSR count). The third-order valence-corrected chi connectivity index (χ3v) is 7.09. The van der Waals surface area contributed by atoms with E-state index in [1.165, 1.54) is 16.6 Å². The maximum Gasteiger partial charge on any atom is 0.229 e. The molecule has 0 unspecified atom stereocenters. The van der Waals surface area contributed by atoms with E-state index in [0.717, 1.165) is 5.56 Å². The van der Waals surface area contributed by atoms with E-state index in [2.05, 4.69) is 20.6 Å². The van der Waals surface area contributed by atoms with E-state index in [0.29, 0.717) is 22.4 Å². The number of aromatic nitrogens is 4. The first kappa shape index (κ1) is 21.0. The number of para-hydroxylation sites is 1. The smallest absolute Gasteiger partial charge is 0.229 e. The van der Waals surface area contributed by atoms with E-state index in [1.54, 1.807) is 42.5 Å². The minimum absolute atomic E-state index is 0.0838. The molecule has 0 saturated carbocycles. The summed E-state index contributed by atoms with van der Waals surface area (Å²) >= 11 is 0. The second-order valence-corrected chi connectivity index (χ2v) is 9.84. The quantitative estimate of drug-likeness (QED) is 0.391. The molecule has 2 heterocycles. The van der Waals surface area contributed by atoms with Gasteiger partial charge < -0.3 is 5.32 Å². The normalized spacial score (nSPS) is 12.0. The molecule has 33 heavy (non-hydrogen) atoms. The summed E-state index contributed by atoms with van der Waals surface area (Å²) in [6.07, 6.45) is 0. The van der Waals surface area contributed by atoms with Crippen LogP contribution in [-0.4, -0.2) is 28.2 Å². The van der Waals surface area contributed by atoms with Gasteiger partial charge in [0.2, 0.25) is 14.9 Å². The number of fused-ring (bicyclic) bond motifs is 3. The van der Waals surface area contributed by atoms with Gasteiger partial charge in [0.25, 0.3) is 0 Å². The van der Waals surface area contributed by atoms with Crippen LogP contribution in [0.3, 0.4) is 0 Å². The van der Waals surface area contributed by atoms with Crippen LogP contribution >= 0.6 is 0 Å². The van der Waals surface area contributed by atoms with Crippen LogP contribution in [0.5, 0.6) is 0 Å². The van der Waals surface area contributed by atoms with Crippen LogP contribution in [0.25, 0.3) is 16.6 Å². The molecule has 5 aromatic rings. The van der Waals surface area contributed by atoms with Crippen LogP contribution < -0.4 is 5.32 Å². The third kappa shape index (κ3) is 3.70. The molecule has 7 nitrogen and oxygen atoms in total. The molecule has 3 aromatic carbocycles. The van der Waals surface area contributed by atoms with Crippen molar-refractivity contribution in [2.24, 2.45) is 0 Å². The predicted molar refractivity (Wildman–Crippen MR) is 124 cm³/mol. The summed E-state index contributed by atoms with van der Waals surface area (Å²) in [5.41, 5.74) is 2.22. The van der Waals surface area contributed by atoms with E-state index in [4.69, 9.17) is 0 Å². The van der Waals surface area contributed by atoms with Gasteiger partial charge in [-0.05, 0) is 53.9 Å². The molecule has 0 bridgehead atoms. The lowest BCUT2D eigenvalue weighted by atomic mass is 10.0. The largest absolute Gasteiger partial charge is 0.340 e. The van der Waals surface area contributed by atoms with Crippen molar-refractivity contribution in [1.82, 2.24) is 19.8 Å². The number of halogens is 1. The molecule has 0 spiro atoms. The Hall–Kier alpha value is -3.85. The van der Waals surface area contributed by atoms with E-state index in [-0.39, 0.29) is 21.5 Å². The highest BCUT2D eigenvalue weighted by Gasteiger charge is 2.27. The van der Waals surface area contributed by atoms with Crippen LogP contribution in [0, 0.1) is 5.82 Å². The average molecular weight is 462 g/mol. The minimum Gasteiger partial charge on any atom is -0.340 e. The Balaban J connectivity index is 1.69. The van der Waals surface area contributed by atoms with Crippen molar-refractivity contribution in [3.8, 4) is 0 Å². The number of nitrogens with zero attached hydrogens (tertiary/aromatic N) is 4. The average Bonchev–Trinajstić information content (AvgIpc) is 3.24. The third-order valence-electron chi connectivity index (χ3n) is 5.42. The predicted octanol–water partition coefficient (Wildman–Crippen LogP) is 5.12. The minimum atomic E-state index is -3.97. The highest BCUT2D eigenvalue weighted by molar-refractivity contribution is 7.91. The molecule has 1 N–H and O–H groups in total. The van der Waals surface area contributed by atoms with Crippen LogP contribution in [0.15, 0.2) is 82.7 Å². The van der Waals surface area contributed by atoms with E-state index >= 15 is 0 Å². The summed E-state index contributed by atoms with van der Waals surface area (Å²) in [4.78, 5) is 4.67. The van der Waals surface area contributed by atoms with Crippen LogP contribution in [-0.2, 0) is 9.84 Å². The van der Waals surface area contributed by atoms with E-state index in [1.807, 2.05) is 32.0 Å². The molecule has 0 aliphatic carbocycles. The van der Waals surface area contributed by atoms with Gasteiger partial charge in [-0.15, -0.1) is 5.10 Å². The van der Waals surface area contributed by atoms with Crippen molar-refractivity contribution < 1.29 is 12.8 Å². The van der Waals surface area contributed by atoms with Gasteiger partial charge in [0.15, 0.2) is 5.65 Å². The zero-order valence-corrected chi connectivity index (χ0v) is 18.7. The van der Waals surface area contributed by atoms with Crippen molar-refractivity contribution in [3.05, 3.63) is 84.2 Å². The molecule has 9 heteroatoms. The Morgan fingerprint density at radius 1 is 0.970 bits per heavy atom. The van der Waals surface area contributed by atoms with Crippen LogP contribution in [0.2, 0.25) is 0 Å². The molecule has 2 aromatic heterocycles. The fraction of sp³-hybridized carbons (Fsp3) is 0.125. The number of anilines is 2. The standard InChI is InChI=1S/C24H20FN5O2S/c1-15(2)16-10-12-19(13-11-16)33(31,32)24-23-27-22(26-18-7-5-6-17(25)14-18)20-8-3-4-9-21(20)30(23)29-28-24/h3-15H,1-2H3,(H,26,27). The summed E-state index contributed by atoms with van der Waals surface area (Å²) in [6.45, 7) is 4.08. The highest BCUT2D eigenvalue weighted by atomic mass is 32.2. The number of rotatable bonds is 5. The topological polar surface area (TPSA) is 89.2 Å². The molecule has 0 aliphatic heterocycles. The highest BCUT2D eigenvalue weighted by Crippen LogP contribution is 2.30.